The Morgan fingerprint density at radius 2 is 1.93 bits per heavy atom. The first-order valence-corrected chi connectivity index (χ1v) is 5.58. The molecule has 1 atom stereocenters. The molecule has 2 nitrogen and oxygen atoms in total. The van der Waals surface area contributed by atoms with E-state index in [9.17, 15) is 4.79 Å². The van der Waals surface area contributed by atoms with Gasteiger partial charge in [0, 0.05) is 3.57 Å². The summed E-state index contributed by atoms with van der Waals surface area (Å²) in [6.45, 7) is 3.66. The van der Waals surface area contributed by atoms with Crippen molar-refractivity contribution in [2.24, 2.45) is 0 Å². The number of carboxylic acid groups (broad SMARTS) is 1. The average molecular weight is 304 g/mol. The number of hydrogen-bond acceptors (Lipinski definition) is 1. The van der Waals surface area contributed by atoms with Crippen molar-refractivity contribution < 1.29 is 9.90 Å². The molecule has 0 aliphatic carbocycles. The molecule has 0 aliphatic heterocycles. The topological polar surface area (TPSA) is 37.3 Å². The van der Waals surface area contributed by atoms with Crippen LogP contribution < -0.4 is 0 Å². The Morgan fingerprint density at radius 3 is 2.29 bits per heavy atom. The molecule has 1 rings (SSSR count). The van der Waals surface area contributed by atoms with Gasteiger partial charge in [0.1, 0.15) is 0 Å². The van der Waals surface area contributed by atoms with Gasteiger partial charge in [-0.05, 0) is 53.6 Å². The maximum absolute atomic E-state index is 11.1. The molecule has 0 bridgehead atoms. The quantitative estimate of drug-likeness (QED) is 0.872. The van der Waals surface area contributed by atoms with Crippen molar-refractivity contribution in [1.29, 1.82) is 0 Å². The average Bonchev–Trinajstić information content (AvgIpc) is 2.17. The standard InChI is InChI=1S/C11H13IO2/c1-3-11(2,10(13)14)8-4-6-9(12)7-5-8/h4-7H,3H2,1-2H3,(H,13,14). The van der Waals surface area contributed by atoms with E-state index in [1.807, 2.05) is 31.2 Å². The lowest BCUT2D eigenvalue weighted by molar-refractivity contribution is -0.143. The summed E-state index contributed by atoms with van der Waals surface area (Å²) < 4.78 is 1.12. The lowest BCUT2D eigenvalue weighted by atomic mass is 9.80. The van der Waals surface area contributed by atoms with E-state index in [0.29, 0.717) is 6.42 Å². The molecule has 0 radical (unpaired) electrons. The molecular weight excluding hydrogens is 291 g/mol. The molecule has 0 saturated carbocycles. The van der Waals surface area contributed by atoms with Crippen LogP contribution in [-0.2, 0) is 10.2 Å². The van der Waals surface area contributed by atoms with E-state index in [1.165, 1.54) is 0 Å². The Kier molecular flexibility index (Phi) is 3.53. The molecule has 0 aromatic heterocycles. The van der Waals surface area contributed by atoms with Crippen LogP contribution in [0.4, 0.5) is 0 Å². The fraction of sp³-hybridized carbons (Fsp3) is 0.364. The van der Waals surface area contributed by atoms with Crippen molar-refractivity contribution in [2.45, 2.75) is 25.7 Å². The Bertz CT molecular complexity index is 332. The molecular formula is C11H13IO2. The second kappa shape index (κ2) is 4.29. The molecule has 0 aliphatic rings. The molecule has 0 fully saturated rings. The monoisotopic (exact) mass is 304 g/mol. The van der Waals surface area contributed by atoms with Gasteiger partial charge in [-0.15, -0.1) is 0 Å². The van der Waals surface area contributed by atoms with Crippen LogP contribution in [0.25, 0.3) is 0 Å². The molecule has 0 amide bonds. The zero-order chi connectivity index (χ0) is 10.8. The van der Waals surface area contributed by atoms with E-state index in [4.69, 9.17) is 5.11 Å². The van der Waals surface area contributed by atoms with Crippen molar-refractivity contribution in [1.82, 2.24) is 0 Å². The second-order valence-corrected chi connectivity index (χ2v) is 4.74. The van der Waals surface area contributed by atoms with Crippen molar-refractivity contribution in [2.75, 3.05) is 0 Å². The smallest absolute Gasteiger partial charge is 0.313 e. The number of hydrogen-bond donors (Lipinski definition) is 1. The van der Waals surface area contributed by atoms with E-state index in [1.54, 1.807) is 6.92 Å². The predicted octanol–water partition coefficient (Wildman–Crippen LogP) is 3.04. The minimum Gasteiger partial charge on any atom is -0.481 e. The Morgan fingerprint density at radius 1 is 1.43 bits per heavy atom. The summed E-state index contributed by atoms with van der Waals surface area (Å²) in [5, 5.41) is 9.15. The first-order chi connectivity index (χ1) is 6.50. The molecule has 0 saturated heterocycles. The van der Waals surface area contributed by atoms with Crippen LogP contribution >= 0.6 is 22.6 Å². The van der Waals surface area contributed by atoms with Gasteiger partial charge in [0.15, 0.2) is 0 Å². The van der Waals surface area contributed by atoms with Crippen LogP contribution in [0.2, 0.25) is 0 Å². The zero-order valence-electron chi connectivity index (χ0n) is 8.25. The van der Waals surface area contributed by atoms with Crippen LogP contribution in [0.5, 0.6) is 0 Å². The Hall–Kier alpha value is -0.580. The minimum absolute atomic E-state index is 0.600. The summed E-state index contributed by atoms with van der Waals surface area (Å²) >= 11 is 2.21. The summed E-state index contributed by atoms with van der Waals surface area (Å²) in [4.78, 5) is 11.1. The normalized spacial score (nSPS) is 14.8. The SMILES string of the molecule is CCC(C)(C(=O)O)c1ccc(I)cc1. The lowest BCUT2D eigenvalue weighted by Crippen LogP contribution is -2.31. The summed E-state index contributed by atoms with van der Waals surface area (Å²) in [7, 11) is 0. The first kappa shape index (κ1) is 11.5. The fourth-order valence-corrected chi connectivity index (χ4v) is 1.66. The number of benzene rings is 1. The highest BCUT2D eigenvalue weighted by atomic mass is 127. The van der Waals surface area contributed by atoms with Gasteiger partial charge in [0.2, 0.25) is 0 Å². The molecule has 1 aromatic carbocycles. The predicted molar refractivity (Wildman–Crippen MR) is 64.4 cm³/mol. The van der Waals surface area contributed by atoms with Crippen LogP contribution in [0, 0.1) is 3.57 Å². The molecule has 1 aromatic rings. The second-order valence-electron chi connectivity index (χ2n) is 3.50. The van der Waals surface area contributed by atoms with E-state index in [0.717, 1.165) is 9.13 Å². The number of carbonyl (C=O) groups is 1. The maximum atomic E-state index is 11.1. The van der Waals surface area contributed by atoms with E-state index >= 15 is 0 Å². The lowest BCUT2D eigenvalue weighted by Gasteiger charge is -2.23. The third-order valence-corrected chi connectivity index (χ3v) is 3.38. The minimum atomic E-state index is -0.763. The number of rotatable bonds is 3. The molecule has 0 spiro atoms. The highest BCUT2D eigenvalue weighted by molar-refractivity contribution is 14.1. The molecule has 0 heterocycles. The largest absolute Gasteiger partial charge is 0.481 e. The van der Waals surface area contributed by atoms with Gasteiger partial charge in [-0.2, -0.15) is 0 Å². The summed E-state index contributed by atoms with van der Waals surface area (Å²) in [5.41, 5.74) is 0.109. The molecule has 1 N–H and O–H groups in total. The number of aliphatic carboxylic acids is 1. The molecule has 14 heavy (non-hydrogen) atoms. The summed E-state index contributed by atoms with van der Waals surface area (Å²) in [6.07, 6.45) is 0.600. The van der Waals surface area contributed by atoms with E-state index in [-0.39, 0.29) is 0 Å². The Labute approximate surface area is 97.5 Å². The number of halogens is 1. The summed E-state index contributed by atoms with van der Waals surface area (Å²) in [5.74, 6) is -0.763. The van der Waals surface area contributed by atoms with Gasteiger partial charge >= 0.3 is 5.97 Å². The molecule has 1 unspecified atom stereocenters. The van der Waals surface area contributed by atoms with Gasteiger partial charge in [-0.25, -0.2) is 0 Å². The highest BCUT2D eigenvalue weighted by Gasteiger charge is 2.32. The van der Waals surface area contributed by atoms with Crippen LogP contribution in [0.1, 0.15) is 25.8 Å². The van der Waals surface area contributed by atoms with Crippen molar-refractivity contribution in [3.05, 3.63) is 33.4 Å². The fourth-order valence-electron chi connectivity index (χ4n) is 1.30. The van der Waals surface area contributed by atoms with Gasteiger partial charge in [-0.3, -0.25) is 4.79 Å². The van der Waals surface area contributed by atoms with Crippen molar-refractivity contribution in [3.63, 3.8) is 0 Å². The van der Waals surface area contributed by atoms with E-state index in [2.05, 4.69) is 22.6 Å². The Balaban J connectivity index is 3.13. The van der Waals surface area contributed by atoms with Crippen molar-refractivity contribution in [3.8, 4) is 0 Å². The van der Waals surface area contributed by atoms with Crippen LogP contribution in [-0.4, -0.2) is 11.1 Å². The highest BCUT2D eigenvalue weighted by Crippen LogP contribution is 2.28. The third-order valence-electron chi connectivity index (χ3n) is 2.66. The number of carboxylic acids is 1. The zero-order valence-corrected chi connectivity index (χ0v) is 10.4. The van der Waals surface area contributed by atoms with Gasteiger partial charge < -0.3 is 5.11 Å². The van der Waals surface area contributed by atoms with Gasteiger partial charge in [0.25, 0.3) is 0 Å². The third kappa shape index (κ3) is 2.08. The van der Waals surface area contributed by atoms with Crippen LogP contribution in [0.15, 0.2) is 24.3 Å². The molecule has 3 heteroatoms. The maximum Gasteiger partial charge on any atom is 0.313 e. The van der Waals surface area contributed by atoms with Crippen LogP contribution in [0.3, 0.4) is 0 Å². The van der Waals surface area contributed by atoms with E-state index < -0.39 is 11.4 Å². The molecule has 76 valence electrons. The van der Waals surface area contributed by atoms with Gasteiger partial charge in [0.05, 0.1) is 5.41 Å². The summed E-state index contributed by atoms with van der Waals surface area (Å²) in [6, 6.07) is 7.65. The first-order valence-electron chi connectivity index (χ1n) is 4.50. The van der Waals surface area contributed by atoms with Gasteiger partial charge in [-0.1, -0.05) is 19.1 Å². The van der Waals surface area contributed by atoms with Crippen molar-refractivity contribution >= 4 is 28.6 Å².